The SMILES string of the molecule is CCc1cn(S(=O)(=O)c2ccccc2)c2cc(CN(C(=O)OC(C)(C)C)C3CCOCC3)ccc12. The highest BCUT2D eigenvalue weighted by molar-refractivity contribution is 7.90. The van der Waals surface area contributed by atoms with Gasteiger partial charge in [0.15, 0.2) is 0 Å². The monoisotopic (exact) mass is 498 g/mol. The molecule has 0 saturated carbocycles. The van der Waals surface area contributed by atoms with Crippen molar-refractivity contribution in [1.82, 2.24) is 8.87 Å². The molecule has 8 heteroatoms. The Morgan fingerprint density at radius 2 is 1.80 bits per heavy atom. The summed E-state index contributed by atoms with van der Waals surface area (Å²) in [4.78, 5) is 15.1. The van der Waals surface area contributed by atoms with Crippen LogP contribution >= 0.6 is 0 Å². The molecule has 0 atom stereocenters. The first kappa shape index (κ1) is 25.3. The summed E-state index contributed by atoms with van der Waals surface area (Å²) < 4.78 is 39.6. The molecular formula is C27H34N2O5S. The van der Waals surface area contributed by atoms with E-state index < -0.39 is 15.6 Å². The number of ether oxygens (including phenoxy) is 2. The van der Waals surface area contributed by atoms with Gasteiger partial charge in [-0.25, -0.2) is 17.2 Å². The predicted octanol–water partition coefficient (Wildman–Crippen LogP) is 5.36. The topological polar surface area (TPSA) is 77.8 Å². The molecule has 188 valence electrons. The minimum absolute atomic E-state index is 0.000312. The summed E-state index contributed by atoms with van der Waals surface area (Å²) in [5.74, 6) is 0. The van der Waals surface area contributed by atoms with Crippen LogP contribution in [0.15, 0.2) is 59.6 Å². The van der Waals surface area contributed by atoms with Crippen LogP contribution in [0.5, 0.6) is 0 Å². The van der Waals surface area contributed by atoms with Gasteiger partial charge in [-0.05, 0) is 69.4 Å². The van der Waals surface area contributed by atoms with Gasteiger partial charge >= 0.3 is 6.09 Å². The third-order valence-corrected chi connectivity index (χ3v) is 7.90. The molecule has 1 aliphatic rings. The van der Waals surface area contributed by atoms with Crippen LogP contribution in [0.4, 0.5) is 4.79 Å². The van der Waals surface area contributed by atoms with E-state index in [4.69, 9.17) is 9.47 Å². The molecule has 0 aliphatic carbocycles. The van der Waals surface area contributed by atoms with E-state index in [1.165, 1.54) is 3.97 Å². The minimum Gasteiger partial charge on any atom is -0.444 e. The average molecular weight is 499 g/mol. The van der Waals surface area contributed by atoms with E-state index in [2.05, 4.69) is 0 Å². The molecule has 0 radical (unpaired) electrons. The zero-order valence-corrected chi connectivity index (χ0v) is 21.7. The molecule has 0 bridgehead atoms. The molecule has 1 aromatic heterocycles. The van der Waals surface area contributed by atoms with Crippen molar-refractivity contribution in [3.63, 3.8) is 0 Å². The molecular weight excluding hydrogens is 464 g/mol. The van der Waals surface area contributed by atoms with E-state index in [0.29, 0.717) is 31.7 Å². The van der Waals surface area contributed by atoms with Crippen molar-refractivity contribution < 1.29 is 22.7 Å². The number of aryl methyl sites for hydroxylation is 1. The number of carbonyl (C=O) groups excluding carboxylic acids is 1. The minimum atomic E-state index is -3.77. The van der Waals surface area contributed by atoms with Crippen molar-refractivity contribution in [1.29, 1.82) is 0 Å². The third-order valence-electron chi connectivity index (χ3n) is 6.21. The van der Waals surface area contributed by atoms with Crippen molar-refractivity contribution >= 4 is 27.0 Å². The molecule has 0 spiro atoms. The van der Waals surface area contributed by atoms with E-state index in [9.17, 15) is 13.2 Å². The lowest BCUT2D eigenvalue weighted by molar-refractivity contribution is -0.00808. The lowest BCUT2D eigenvalue weighted by Gasteiger charge is -2.35. The van der Waals surface area contributed by atoms with Gasteiger partial charge in [-0.2, -0.15) is 0 Å². The Hall–Kier alpha value is -2.84. The van der Waals surface area contributed by atoms with Crippen LogP contribution in [0.2, 0.25) is 0 Å². The van der Waals surface area contributed by atoms with Gasteiger partial charge in [0.2, 0.25) is 0 Å². The Labute approximate surface area is 207 Å². The Bertz CT molecular complexity index is 1290. The van der Waals surface area contributed by atoms with E-state index in [-0.39, 0.29) is 17.0 Å². The van der Waals surface area contributed by atoms with Crippen molar-refractivity contribution in [3.8, 4) is 0 Å². The molecule has 1 fully saturated rings. The molecule has 3 aromatic rings. The number of aromatic nitrogens is 1. The second kappa shape index (κ2) is 10.0. The number of rotatable bonds is 6. The molecule has 2 heterocycles. The number of amides is 1. The fourth-order valence-electron chi connectivity index (χ4n) is 4.45. The highest BCUT2D eigenvalue weighted by atomic mass is 32.2. The summed E-state index contributed by atoms with van der Waals surface area (Å²) >= 11 is 0. The Balaban J connectivity index is 1.74. The Morgan fingerprint density at radius 1 is 1.11 bits per heavy atom. The molecule has 0 unspecified atom stereocenters. The second-order valence-corrected chi connectivity index (χ2v) is 11.7. The first-order valence-electron chi connectivity index (χ1n) is 12.1. The van der Waals surface area contributed by atoms with Gasteiger partial charge in [-0.1, -0.05) is 37.3 Å². The molecule has 1 amide bonds. The van der Waals surface area contributed by atoms with Gasteiger partial charge in [0, 0.05) is 37.4 Å². The van der Waals surface area contributed by atoms with Crippen LogP contribution in [0.25, 0.3) is 10.9 Å². The largest absolute Gasteiger partial charge is 0.444 e. The standard InChI is InChI=1S/C27H34N2O5S/c1-5-21-19-29(35(31,32)23-9-7-6-8-10-23)25-17-20(11-12-24(21)25)18-28(22-13-15-33-16-14-22)26(30)34-27(2,3)4/h6-12,17,19,22H,5,13-16,18H2,1-4H3. The third kappa shape index (κ3) is 5.54. The number of carbonyl (C=O) groups is 1. The normalized spacial score (nSPS) is 15.3. The molecule has 1 saturated heterocycles. The average Bonchev–Trinajstić information content (AvgIpc) is 3.21. The van der Waals surface area contributed by atoms with E-state index in [1.807, 2.05) is 45.9 Å². The lowest BCUT2D eigenvalue weighted by atomic mass is 10.0. The summed E-state index contributed by atoms with van der Waals surface area (Å²) in [7, 11) is -3.77. The van der Waals surface area contributed by atoms with Crippen molar-refractivity contribution in [2.45, 2.75) is 70.0 Å². The fraction of sp³-hybridized carbons (Fsp3) is 0.444. The van der Waals surface area contributed by atoms with E-state index >= 15 is 0 Å². The van der Waals surface area contributed by atoms with Crippen LogP contribution in [-0.2, 0) is 32.5 Å². The zero-order chi connectivity index (χ0) is 25.2. The highest BCUT2D eigenvalue weighted by Crippen LogP contribution is 2.29. The first-order valence-corrected chi connectivity index (χ1v) is 13.5. The van der Waals surface area contributed by atoms with Crippen LogP contribution < -0.4 is 0 Å². The molecule has 2 aromatic carbocycles. The number of hydrogen-bond acceptors (Lipinski definition) is 5. The fourth-order valence-corrected chi connectivity index (χ4v) is 5.86. The summed E-state index contributed by atoms with van der Waals surface area (Å²) in [6, 6.07) is 14.2. The number of hydrogen-bond donors (Lipinski definition) is 0. The smallest absolute Gasteiger partial charge is 0.410 e. The van der Waals surface area contributed by atoms with Gasteiger partial charge in [-0.15, -0.1) is 0 Å². The van der Waals surface area contributed by atoms with Crippen molar-refractivity contribution in [2.75, 3.05) is 13.2 Å². The maximum atomic E-state index is 13.5. The van der Waals surface area contributed by atoms with Gasteiger partial charge in [0.1, 0.15) is 5.60 Å². The highest BCUT2D eigenvalue weighted by Gasteiger charge is 2.30. The maximum Gasteiger partial charge on any atom is 0.410 e. The molecule has 0 N–H and O–H groups in total. The van der Waals surface area contributed by atoms with Crippen LogP contribution in [0.1, 0.15) is 51.7 Å². The number of fused-ring (bicyclic) bond motifs is 1. The summed E-state index contributed by atoms with van der Waals surface area (Å²) in [6.07, 6.45) is 3.52. The summed E-state index contributed by atoms with van der Waals surface area (Å²) in [5, 5.41) is 0.894. The van der Waals surface area contributed by atoms with Gasteiger partial charge in [0.05, 0.1) is 10.4 Å². The van der Waals surface area contributed by atoms with Crippen molar-refractivity contribution in [3.05, 3.63) is 65.9 Å². The molecule has 1 aliphatic heterocycles. The second-order valence-electron chi connectivity index (χ2n) is 9.93. The van der Waals surface area contributed by atoms with Crippen LogP contribution in [-0.4, -0.2) is 48.2 Å². The Kier molecular flexibility index (Phi) is 7.24. The quantitative estimate of drug-likeness (QED) is 0.457. The van der Waals surface area contributed by atoms with E-state index in [1.54, 1.807) is 41.4 Å². The number of nitrogens with zero attached hydrogens (tertiary/aromatic N) is 2. The molecule has 4 rings (SSSR count). The lowest BCUT2D eigenvalue weighted by Crippen LogP contribution is -2.45. The van der Waals surface area contributed by atoms with Gasteiger partial charge in [-0.3, -0.25) is 0 Å². The zero-order valence-electron chi connectivity index (χ0n) is 20.9. The van der Waals surface area contributed by atoms with Gasteiger partial charge in [0.25, 0.3) is 10.0 Å². The first-order chi connectivity index (χ1) is 16.6. The molecule has 35 heavy (non-hydrogen) atoms. The Morgan fingerprint density at radius 3 is 2.43 bits per heavy atom. The summed E-state index contributed by atoms with van der Waals surface area (Å²) in [6.45, 7) is 9.10. The van der Waals surface area contributed by atoms with Crippen LogP contribution in [0.3, 0.4) is 0 Å². The summed E-state index contributed by atoms with van der Waals surface area (Å²) in [5.41, 5.74) is 1.80. The number of benzene rings is 2. The van der Waals surface area contributed by atoms with E-state index in [0.717, 1.165) is 29.4 Å². The maximum absolute atomic E-state index is 13.5. The predicted molar refractivity (Wildman–Crippen MR) is 136 cm³/mol. The van der Waals surface area contributed by atoms with Gasteiger partial charge < -0.3 is 14.4 Å². The van der Waals surface area contributed by atoms with Crippen molar-refractivity contribution in [2.24, 2.45) is 0 Å². The van der Waals surface area contributed by atoms with Crippen LogP contribution in [0, 0.1) is 0 Å². The molecule has 7 nitrogen and oxygen atoms in total.